The molecule has 0 bridgehead atoms. The number of carbonyl (C=O) groups is 1. The number of rotatable bonds is 4. The first kappa shape index (κ1) is 20.7. The summed E-state index contributed by atoms with van der Waals surface area (Å²) in [6.07, 6.45) is 2.21. The van der Waals surface area contributed by atoms with Gasteiger partial charge in [0.15, 0.2) is 11.4 Å². The topological polar surface area (TPSA) is 109 Å². The fraction of sp³-hybridized carbons (Fsp3) is 0.278. The molecule has 4 rings (SSSR count). The molecule has 0 unspecified atom stereocenters. The van der Waals surface area contributed by atoms with E-state index in [2.05, 4.69) is 15.0 Å². The summed E-state index contributed by atoms with van der Waals surface area (Å²) in [6.45, 7) is 2.50. The number of anilines is 2. The number of fused-ring (bicyclic) bond motifs is 1. The molecule has 158 valence electrons. The highest BCUT2D eigenvalue weighted by Crippen LogP contribution is 2.33. The van der Waals surface area contributed by atoms with E-state index in [1.807, 2.05) is 21.8 Å². The minimum Gasteiger partial charge on any atom is -0.354 e. The van der Waals surface area contributed by atoms with E-state index in [4.69, 9.17) is 27.7 Å². The Morgan fingerprint density at radius 3 is 2.40 bits per heavy atom. The first-order valence-corrected chi connectivity index (χ1v) is 11.6. The second-order valence-corrected chi connectivity index (χ2v) is 9.39. The molecule has 1 aromatic carbocycles. The summed E-state index contributed by atoms with van der Waals surface area (Å²) in [7, 11) is -3.67. The number of piperazine rings is 1. The van der Waals surface area contributed by atoms with E-state index in [1.165, 1.54) is 12.3 Å². The maximum Gasteiger partial charge on any atom is 0.266 e. The monoisotopic (exact) mass is 469 g/mol. The molecule has 3 aromatic rings. The number of hydrogen-bond acceptors (Lipinski definition) is 8. The summed E-state index contributed by atoms with van der Waals surface area (Å²) < 4.78 is 29.7. The molecule has 0 radical (unpaired) electrons. The standard InChI is InChI=1S/C18H17Cl2N5O4S/c1-30(27,28)23-18(26)11-9-13(20)16(21-10-11)24-5-7-25(8-6-24)17-15-12(19)3-2-4-14(15)29-22-17/h2-4,9-10H,5-8H2,1H3,(H,23,26). The van der Waals surface area contributed by atoms with Crippen LogP contribution in [-0.4, -0.2) is 56.9 Å². The van der Waals surface area contributed by atoms with Gasteiger partial charge in [-0.25, -0.2) is 18.1 Å². The number of sulfonamides is 1. The third-order valence-corrected chi connectivity index (χ3v) is 5.82. The maximum atomic E-state index is 12.0. The van der Waals surface area contributed by atoms with Gasteiger partial charge in [0.1, 0.15) is 5.82 Å². The number of aromatic nitrogens is 2. The molecule has 1 fully saturated rings. The number of hydrogen-bond donors (Lipinski definition) is 1. The van der Waals surface area contributed by atoms with Crippen LogP contribution in [0.4, 0.5) is 11.6 Å². The summed E-state index contributed by atoms with van der Waals surface area (Å²) in [5, 5.41) is 5.80. The van der Waals surface area contributed by atoms with Crippen molar-refractivity contribution < 1.29 is 17.7 Å². The highest BCUT2D eigenvalue weighted by Gasteiger charge is 2.25. The molecule has 0 aliphatic carbocycles. The molecule has 0 spiro atoms. The first-order chi connectivity index (χ1) is 14.2. The zero-order valence-electron chi connectivity index (χ0n) is 15.8. The van der Waals surface area contributed by atoms with Crippen LogP contribution in [0.2, 0.25) is 10.0 Å². The third kappa shape index (κ3) is 4.16. The molecule has 1 aliphatic rings. The van der Waals surface area contributed by atoms with Crippen LogP contribution < -0.4 is 14.5 Å². The van der Waals surface area contributed by atoms with Gasteiger partial charge in [0, 0.05) is 32.4 Å². The van der Waals surface area contributed by atoms with Crippen LogP contribution in [0, 0.1) is 0 Å². The predicted molar refractivity (Wildman–Crippen MR) is 115 cm³/mol. The number of amides is 1. The zero-order valence-corrected chi connectivity index (χ0v) is 18.1. The van der Waals surface area contributed by atoms with Crippen molar-refractivity contribution in [3.05, 3.63) is 46.1 Å². The molecule has 1 aliphatic heterocycles. The van der Waals surface area contributed by atoms with Gasteiger partial charge in [-0.1, -0.05) is 34.4 Å². The molecule has 1 amide bonds. The van der Waals surface area contributed by atoms with E-state index < -0.39 is 15.9 Å². The molecule has 1 N–H and O–H groups in total. The lowest BCUT2D eigenvalue weighted by molar-refractivity contribution is 0.0981. The van der Waals surface area contributed by atoms with Crippen LogP contribution in [0.25, 0.3) is 11.0 Å². The van der Waals surface area contributed by atoms with Gasteiger partial charge in [0.25, 0.3) is 5.91 Å². The van der Waals surface area contributed by atoms with E-state index in [0.717, 1.165) is 11.6 Å². The van der Waals surface area contributed by atoms with Crippen molar-refractivity contribution in [1.29, 1.82) is 0 Å². The summed E-state index contributed by atoms with van der Waals surface area (Å²) in [6, 6.07) is 6.83. The van der Waals surface area contributed by atoms with Gasteiger partial charge in [-0.05, 0) is 18.2 Å². The Balaban J connectivity index is 1.48. The van der Waals surface area contributed by atoms with Crippen LogP contribution in [0.1, 0.15) is 10.4 Å². The van der Waals surface area contributed by atoms with Gasteiger partial charge in [0.2, 0.25) is 10.0 Å². The summed E-state index contributed by atoms with van der Waals surface area (Å²) in [5.74, 6) is 0.440. The average Bonchev–Trinajstić information content (AvgIpc) is 3.12. The Morgan fingerprint density at radius 1 is 1.10 bits per heavy atom. The maximum absolute atomic E-state index is 12.0. The second kappa shape index (κ2) is 7.93. The van der Waals surface area contributed by atoms with E-state index in [1.54, 1.807) is 6.07 Å². The molecule has 2 aromatic heterocycles. The normalized spacial score (nSPS) is 14.9. The number of benzene rings is 1. The average molecular weight is 470 g/mol. The van der Waals surface area contributed by atoms with Crippen molar-refractivity contribution in [2.45, 2.75) is 0 Å². The fourth-order valence-electron chi connectivity index (χ4n) is 3.30. The van der Waals surface area contributed by atoms with Gasteiger partial charge in [-0.2, -0.15) is 0 Å². The lowest BCUT2D eigenvalue weighted by atomic mass is 10.2. The minimum atomic E-state index is -3.67. The van der Waals surface area contributed by atoms with Crippen molar-refractivity contribution in [2.24, 2.45) is 0 Å². The fourth-order valence-corrected chi connectivity index (χ4v) is 4.29. The molecule has 1 saturated heterocycles. The Labute approximate surface area is 182 Å². The Morgan fingerprint density at radius 2 is 1.77 bits per heavy atom. The van der Waals surface area contributed by atoms with Crippen LogP contribution in [-0.2, 0) is 10.0 Å². The summed E-state index contributed by atoms with van der Waals surface area (Å²) in [5.41, 5.74) is 0.698. The van der Waals surface area contributed by atoms with Gasteiger partial charge < -0.3 is 14.3 Å². The summed E-state index contributed by atoms with van der Waals surface area (Å²) in [4.78, 5) is 20.3. The van der Waals surface area contributed by atoms with Crippen LogP contribution in [0.5, 0.6) is 0 Å². The third-order valence-electron chi connectivity index (χ3n) is 4.67. The van der Waals surface area contributed by atoms with Crippen LogP contribution >= 0.6 is 23.2 Å². The van der Waals surface area contributed by atoms with E-state index in [0.29, 0.717) is 48.4 Å². The lowest BCUT2D eigenvalue weighted by Gasteiger charge is -2.35. The SMILES string of the molecule is CS(=O)(=O)NC(=O)c1cnc(N2CCN(c3noc4cccc(Cl)c34)CC2)c(Cl)c1. The molecular weight excluding hydrogens is 453 g/mol. The van der Waals surface area contributed by atoms with Crippen molar-refractivity contribution in [2.75, 3.05) is 42.2 Å². The summed E-state index contributed by atoms with van der Waals surface area (Å²) >= 11 is 12.6. The predicted octanol–water partition coefficient (Wildman–Crippen LogP) is 2.55. The number of carbonyl (C=O) groups excluding carboxylic acids is 1. The largest absolute Gasteiger partial charge is 0.354 e. The number of nitrogens with one attached hydrogen (secondary N) is 1. The van der Waals surface area contributed by atoms with Crippen molar-refractivity contribution >= 4 is 61.7 Å². The number of nitrogens with zero attached hydrogens (tertiary/aromatic N) is 4. The van der Waals surface area contributed by atoms with Gasteiger partial charge >= 0.3 is 0 Å². The lowest BCUT2D eigenvalue weighted by Crippen LogP contribution is -2.47. The molecular formula is C18H17Cl2N5O4S. The van der Waals surface area contributed by atoms with Crippen LogP contribution in [0.3, 0.4) is 0 Å². The Kier molecular flexibility index (Phi) is 5.48. The first-order valence-electron chi connectivity index (χ1n) is 8.94. The molecule has 12 heteroatoms. The number of halogens is 2. The Bertz CT molecular complexity index is 1220. The number of pyridine rings is 1. The molecule has 30 heavy (non-hydrogen) atoms. The van der Waals surface area contributed by atoms with E-state index in [9.17, 15) is 13.2 Å². The van der Waals surface area contributed by atoms with Gasteiger partial charge in [-0.3, -0.25) is 4.79 Å². The minimum absolute atomic E-state index is 0.0662. The quantitative estimate of drug-likeness (QED) is 0.620. The Hall–Kier alpha value is -2.56. The second-order valence-electron chi connectivity index (χ2n) is 6.83. The molecule has 3 heterocycles. The van der Waals surface area contributed by atoms with Crippen molar-refractivity contribution in [1.82, 2.24) is 14.9 Å². The van der Waals surface area contributed by atoms with Gasteiger partial charge in [-0.15, -0.1) is 0 Å². The molecule has 0 saturated carbocycles. The van der Waals surface area contributed by atoms with Crippen molar-refractivity contribution in [3.63, 3.8) is 0 Å². The highest BCUT2D eigenvalue weighted by molar-refractivity contribution is 7.89. The van der Waals surface area contributed by atoms with Gasteiger partial charge in [0.05, 0.1) is 27.3 Å². The van der Waals surface area contributed by atoms with E-state index >= 15 is 0 Å². The zero-order chi connectivity index (χ0) is 21.5. The van der Waals surface area contributed by atoms with Crippen molar-refractivity contribution in [3.8, 4) is 0 Å². The molecule has 0 atom stereocenters. The highest BCUT2D eigenvalue weighted by atomic mass is 35.5. The molecule has 9 nitrogen and oxygen atoms in total. The van der Waals surface area contributed by atoms with E-state index in [-0.39, 0.29) is 10.6 Å². The van der Waals surface area contributed by atoms with Crippen LogP contribution in [0.15, 0.2) is 35.0 Å². The smallest absolute Gasteiger partial charge is 0.266 e.